The monoisotopic (exact) mass is 459 g/mol. The number of thiol groups is 1. The Balaban J connectivity index is 1.51. The molecule has 0 saturated carbocycles. The molecule has 0 aliphatic heterocycles. The normalized spacial score (nSPS) is 11.4. The van der Waals surface area contributed by atoms with E-state index < -0.39 is 11.7 Å². The van der Waals surface area contributed by atoms with Crippen molar-refractivity contribution in [2.75, 3.05) is 11.1 Å². The summed E-state index contributed by atoms with van der Waals surface area (Å²) in [7, 11) is 0. The molecule has 164 valence electrons. The van der Waals surface area contributed by atoms with Gasteiger partial charge in [0.25, 0.3) is 0 Å². The maximum absolute atomic E-state index is 12.9. The summed E-state index contributed by atoms with van der Waals surface area (Å²) in [6.07, 6.45) is -4.43. The lowest BCUT2D eigenvalue weighted by Gasteiger charge is -2.10. The Labute approximate surface area is 185 Å². The summed E-state index contributed by atoms with van der Waals surface area (Å²) in [6.45, 7) is 1.84. The Kier molecular flexibility index (Phi) is 5.61. The van der Waals surface area contributed by atoms with E-state index in [-0.39, 0.29) is 28.5 Å². The number of nitrogens with zero attached hydrogens (tertiary/aromatic N) is 4. The van der Waals surface area contributed by atoms with Crippen LogP contribution in [0.5, 0.6) is 11.6 Å². The van der Waals surface area contributed by atoms with Crippen molar-refractivity contribution in [3.8, 4) is 23.0 Å². The van der Waals surface area contributed by atoms with Crippen LogP contribution < -0.4 is 15.8 Å². The number of benzene rings is 2. The van der Waals surface area contributed by atoms with E-state index in [0.29, 0.717) is 17.1 Å². The number of hydrogen-bond donors (Lipinski definition) is 4. The molecule has 8 nitrogen and oxygen atoms in total. The summed E-state index contributed by atoms with van der Waals surface area (Å²) in [4.78, 5) is 10.9. The van der Waals surface area contributed by atoms with Crippen LogP contribution in [0.2, 0.25) is 0 Å². The van der Waals surface area contributed by atoms with Gasteiger partial charge in [0, 0.05) is 17.3 Å². The lowest BCUT2D eigenvalue weighted by Crippen LogP contribution is -2.05. The fourth-order valence-electron chi connectivity index (χ4n) is 2.86. The summed E-state index contributed by atoms with van der Waals surface area (Å²) < 4.78 is 44.4. The summed E-state index contributed by atoms with van der Waals surface area (Å²) in [5, 5.41) is 11.0. The van der Waals surface area contributed by atoms with Crippen LogP contribution in [-0.2, 0) is 6.18 Å². The van der Waals surface area contributed by atoms with E-state index in [0.717, 1.165) is 17.7 Å². The standard InChI is InChI=1S/C20H16F3N7OS/c1-10-7-11(5-6-14(10)31-16-9-15(24)26-19(32)27-16)17-28-18(30-29-17)25-13-4-2-3-12(8-13)20(21,22)23/h2-9H,1H3,(H3,24,26,27,32)(H2,25,28,29,30). The van der Waals surface area contributed by atoms with Gasteiger partial charge in [0.15, 0.2) is 11.0 Å². The van der Waals surface area contributed by atoms with E-state index in [1.165, 1.54) is 18.2 Å². The predicted molar refractivity (Wildman–Crippen MR) is 115 cm³/mol. The number of hydrogen-bond acceptors (Lipinski definition) is 8. The number of anilines is 3. The average Bonchev–Trinajstić information content (AvgIpc) is 3.17. The van der Waals surface area contributed by atoms with Gasteiger partial charge < -0.3 is 20.8 Å². The molecule has 4 aromatic rings. The Morgan fingerprint density at radius 2 is 1.88 bits per heavy atom. The zero-order valence-corrected chi connectivity index (χ0v) is 17.4. The van der Waals surface area contributed by atoms with Gasteiger partial charge in [-0.05, 0) is 48.9 Å². The Morgan fingerprint density at radius 1 is 1.06 bits per heavy atom. The molecule has 2 aromatic heterocycles. The van der Waals surface area contributed by atoms with Gasteiger partial charge in [0.1, 0.15) is 11.6 Å². The molecule has 12 heteroatoms. The van der Waals surface area contributed by atoms with Crippen LogP contribution in [0.25, 0.3) is 11.4 Å². The summed E-state index contributed by atoms with van der Waals surface area (Å²) in [6, 6.07) is 11.6. The van der Waals surface area contributed by atoms with E-state index in [4.69, 9.17) is 10.5 Å². The molecule has 0 saturated heterocycles. The molecule has 4 rings (SSSR count). The minimum Gasteiger partial charge on any atom is -0.439 e. The van der Waals surface area contributed by atoms with Crippen LogP contribution in [-0.4, -0.2) is 25.1 Å². The number of nitrogens with one attached hydrogen (secondary N) is 2. The quantitative estimate of drug-likeness (QED) is 0.245. The number of rotatable bonds is 5. The molecule has 4 N–H and O–H groups in total. The van der Waals surface area contributed by atoms with Gasteiger partial charge in [0.05, 0.1) is 5.56 Å². The highest BCUT2D eigenvalue weighted by Gasteiger charge is 2.30. The van der Waals surface area contributed by atoms with Crippen molar-refractivity contribution in [3.05, 3.63) is 59.7 Å². The largest absolute Gasteiger partial charge is 0.439 e. The van der Waals surface area contributed by atoms with Crippen LogP contribution >= 0.6 is 12.6 Å². The van der Waals surface area contributed by atoms with Gasteiger partial charge in [-0.15, -0.1) is 22.8 Å². The minimum atomic E-state index is -4.43. The molecule has 2 heterocycles. The Hall–Kier alpha value is -3.80. The van der Waals surface area contributed by atoms with Gasteiger partial charge in [-0.3, -0.25) is 0 Å². The smallest absolute Gasteiger partial charge is 0.416 e. The van der Waals surface area contributed by atoms with Crippen molar-refractivity contribution in [2.24, 2.45) is 0 Å². The maximum Gasteiger partial charge on any atom is 0.416 e. The van der Waals surface area contributed by atoms with Gasteiger partial charge in [-0.1, -0.05) is 6.07 Å². The van der Waals surface area contributed by atoms with Gasteiger partial charge in [0.2, 0.25) is 11.8 Å². The third kappa shape index (κ3) is 4.91. The van der Waals surface area contributed by atoms with Crippen molar-refractivity contribution >= 4 is 30.1 Å². The average molecular weight is 459 g/mol. The highest BCUT2D eigenvalue weighted by molar-refractivity contribution is 7.80. The van der Waals surface area contributed by atoms with Crippen molar-refractivity contribution in [1.29, 1.82) is 0 Å². The summed E-state index contributed by atoms with van der Waals surface area (Å²) in [5.41, 5.74) is 6.64. The van der Waals surface area contributed by atoms with Crippen LogP contribution in [0.1, 0.15) is 11.1 Å². The molecule has 0 spiro atoms. The van der Waals surface area contributed by atoms with Crippen molar-refractivity contribution in [2.45, 2.75) is 18.3 Å². The van der Waals surface area contributed by atoms with Crippen LogP contribution in [0.15, 0.2) is 53.7 Å². The van der Waals surface area contributed by atoms with Gasteiger partial charge in [-0.2, -0.15) is 18.2 Å². The molecule has 0 unspecified atom stereocenters. The molecule has 0 bridgehead atoms. The third-order valence-corrected chi connectivity index (χ3v) is 4.51. The Morgan fingerprint density at radius 3 is 2.59 bits per heavy atom. The number of nitrogen functional groups attached to an aromatic ring is 1. The molecule has 0 radical (unpaired) electrons. The highest BCUT2D eigenvalue weighted by Crippen LogP contribution is 2.32. The zero-order valence-electron chi connectivity index (χ0n) is 16.5. The topological polar surface area (TPSA) is 115 Å². The second-order valence-electron chi connectivity index (χ2n) is 6.74. The van der Waals surface area contributed by atoms with Crippen molar-refractivity contribution in [1.82, 2.24) is 25.1 Å². The van der Waals surface area contributed by atoms with E-state index >= 15 is 0 Å². The molecule has 0 aliphatic carbocycles. The Bertz CT molecular complexity index is 1260. The van der Waals surface area contributed by atoms with Crippen LogP contribution in [0.4, 0.5) is 30.6 Å². The summed E-state index contributed by atoms with van der Waals surface area (Å²) >= 11 is 4.07. The number of aromatic amines is 1. The molecule has 32 heavy (non-hydrogen) atoms. The number of ether oxygens (including phenoxy) is 1. The predicted octanol–water partition coefficient (Wildman–Crippen LogP) is 5.00. The first-order valence-corrected chi connectivity index (χ1v) is 9.61. The SMILES string of the molecule is Cc1cc(-c2nnc(Nc3cccc(C(F)(F)F)c3)[nH]2)ccc1Oc1cc(N)nc(S)n1. The number of aryl methyl sites for hydroxylation is 1. The number of H-pyrrole nitrogens is 1. The van der Waals surface area contributed by atoms with E-state index in [9.17, 15) is 13.2 Å². The van der Waals surface area contributed by atoms with Crippen molar-refractivity contribution < 1.29 is 17.9 Å². The first-order chi connectivity index (χ1) is 15.2. The molecule has 0 aliphatic rings. The van der Waals surface area contributed by atoms with Gasteiger partial charge >= 0.3 is 6.18 Å². The second-order valence-corrected chi connectivity index (χ2v) is 7.14. The van der Waals surface area contributed by atoms with Crippen LogP contribution in [0.3, 0.4) is 0 Å². The molecular formula is C20H16F3N7OS. The molecule has 0 amide bonds. The third-order valence-electron chi connectivity index (χ3n) is 4.31. The summed E-state index contributed by atoms with van der Waals surface area (Å²) in [5.74, 6) is 1.66. The number of aromatic nitrogens is 5. The fourth-order valence-corrected chi connectivity index (χ4v) is 3.08. The lowest BCUT2D eigenvalue weighted by molar-refractivity contribution is -0.137. The molecule has 0 fully saturated rings. The zero-order chi connectivity index (χ0) is 22.9. The number of nitrogens with two attached hydrogens (primary N) is 1. The van der Waals surface area contributed by atoms with E-state index in [2.05, 4.69) is 43.1 Å². The highest BCUT2D eigenvalue weighted by atomic mass is 32.1. The second kappa shape index (κ2) is 8.38. The number of alkyl halides is 3. The molecular weight excluding hydrogens is 443 g/mol. The number of halogens is 3. The van der Waals surface area contributed by atoms with E-state index in [1.54, 1.807) is 12.1 Å². The van der Waals surface area contributed by atoms with Crippen molar-refractivity contribution in [3.63, 3.8) is 0 Å². The van der Waals surface area contributed by atoms with Crippen LogP contribution in [0, 0.1) is 6.92 Å². The van der Waals surface area contributed by atoms with Gasteiger partial charge in [-0.25, -0.2) is 4.98 Å². The fraction of sp³-hybridized carbons (Fsp3) is 0.100. The lowest BCUT2D eigenvalue weighted by atomic mass is 10.1. The van der Waals surface area contributed by atoms with E-state index in [1.807, 2.05) is 13.0 Å². The maximum atomic E-state index is 12.9. The minimum absolute atomic E-state index is 0.191. The molecule has 2 aromatic carbocycles. The molecule has 0 atom stereocenters. The first-order valence-electron chi connectivity index (χ1n) is 9.17. The first kappa shape index (κ1) is 21.4.